The van der Waals surface area contributed by atoms with Crippen LogP contribution in [0.15, 0.2) is 36.5 Å². The van der Waals surface area contributed by atoms with Crippen molar-refractivity contribution in [3.05, 3.63) is 51.3 Å². The summed E-state index contributed by atoms with van der Waals surface area (Å²) in [6.07, 6.45) is 4.16. The van der Waals surface area contributed by atoms with Crippen LogP contribution in [0.3, 0.4) is 0 Å². The number of anilines is 1. The van der Waals surface area contributed by atoms with Crippen molar-refractivity contribution < 1.29 is 4.79 Å². The lowest BCUT2D eigenvalue weighted by molar-refractivity contribution is 0.103. The first kappa shape index (κ1) is 17.3. The van der Waals surface area contributed by atoms with E-state index in [4.69, 9.17) is 0 Å². The number of aryl methyl sites for hydroxylation is 1. The van der Waals surface area contributed by atoms with E-state index in [-0.39, 0.29) is 5.91 Å². The largest absolute Gasteiger partial charge is 0.317 e. The number of carbonyl (C=O) groups excluding carboxylic acids is 1. The molecule has 0 unspecified atom stereocenters. The molecule has 2 aromatic heterocycles. The van der Waals surface area contributed by atoms with E-state index in [1.165, 1.54) is 16.2 Å². The molecule has 0 aliphatic carbocycles. The molecule has 1 aliphatic heterocycles. The third-order valence-electron chi connectivity index (χ3n) is 4.47. The van der Waals surface area contributed by atoms with Gasteiger partial charge in [-0.3, -0.25) is 10.1 Å². The Hall–Kier alpha value is -2.09. The molecule has 1 aliphatic rings. The van der Waals surface area contributed by atoms with E-state index in [2.05, 4.69) is 20.6 Å². The molecule has 3 aromatic rings. The quantitative estimate of drug-likeness (QED) is 0.704. The molecule has 2 N–H and O–H groups in total. The highest BCUT2D eigenvalue weighted by Gasteiger charge is 2.21. The Morgan fingerprint density at radius 2 is 1.96 bits per heavy atom. The highest BCUT2D eigenvalue weighted by atomic mass is 32.1. The zero-order chi connectivity index (χ0) is 17.9. The first-order chi connectivity index (χ1) is 12.7. The highest BCUT2D eigenvalue weighted by Crippen LogP contribution is 2.33. The molecule has 1 aromatic carbocycles. The van der Waals surface area contributed by atoms with Crippen LogP contribution in [0.25, 0.3) is 11.3 Å². The van der Waals surface area contributed by atoms with Crippen molar-refractivity contribution in [2.45, 2.75) is 25.7 Å². The fourth-order valence-corrected chi connectivity index (χ4v) is 4.98. The molecule has 7 heteroatoms. The fraction of sp³-hybridized carbons (Fsp3) is 0.316. The molecule has 0 saturated carbocycles. The average molecular weight is 385 g/mol. The number of rotatable bonds is 4. The summed E-state index contributed by atoms with van der Waals surface area (Å²) in [7, 11) is 0. The SMILES string of the molecule is Cc1nc(-c2ccccc2)c(C(=O)Nc2ncc(C3CCNCC3)s2)s1. The van der Waals surface area contributed by atoms with Gasteiger partial charge in [-0.25, -0.2) is 9.97 Å². The predicted molar refractivity (Wildman–Crippen MR) is 107 cm³/mol. The second-order valence-corrected chi connectivity index (χ2v) is 8.59. The summed E-state index contributed by atoms with van der Waals surface area (Å²) < 4.78 is 0. The van der Waals surface area contributed by atoms with Gasteiger partial charge in [-0.1, -0.05) is 30.3 Å². The Morgan fingerprint density at radius 3 is 2.73 bits per heavy atom. The maximum absolute atomic E-state index is 12.8. The van der Waals surface area contributed by atoms with Gasteiger partial charge in [0.05, 0.1) is 10.7 Å². The molecule has 134 valence electrons. The summed E-state index contributed by atoms with van der Waals surface area (Å²) in [6, 6.07) is 9.82. The second kappa shape index (κ2) is 7.65. The van der Waals surface area contributed by atoms with E-state index in [0.29, 0.717) is 15.9 Å². The number of amides is 1. The third kappa shape index (κ3) is 3.70. The molecular formula is C19H20N4OS2. The summed E-state index contributed by atoms with van der Waals surface area (Å²) >= 11 is 3.00. The summed E-state index contributed by atoms with van der Waals surface area (Å²) in [6.45, 7) is 4.02. The molecule has 1 amide bonds. The summed E-state index contributed by atoms with van der Waals surface area (Å²) in [5.41, 5.74) is 1.69. The van der Waals surface area contributed by atoms with Gasteiger partial charge in [-0.2, -0.15) is 0 Å². The van der Waals surface area contributed by atoms with Crippen molar-refractivity contribution in [3.63, 3.8) is 0 Å². The summed E-state index contributed by atoms with van der Waals surface area (Å²) in [5, 5.41) is 7.88. The van der Waals surface area contributed by atoms with Crippen LogP contribution in [0.1, 0.15) is 38.3 Å². The minimum atomic E-state index is -0.138. The van der Waals surface area contributed by atoms with Crippen molar-refractivity contribution in [2.75, 3.05) is 18.4 Å². The Kier molecular flexibility index (Phi) is 5.10. The number of hydrogen-bond donors (Lipinski definition) is 2. The van der Waals surface area contributed by atoms with E-state index in [1.54, 1.807) is 11.3 Å². The highest BCUT2D eigenvalue weighted by molar-refractivity contribution is 7.16. The Balaban J connectivity index is 1.53. The van der Waals surface area contributed by atoms with Crippen LogP contribution >= 0.6 is 22.7 Å². The zero-order valence-corrected chi connectivity index (χ0v) is 16.1. The smallest absolute Gasteiger partial charge is 0.269 e. The van der Waals surface area contributed by atoms with Gasteiger partial charge in [0.1, 0.15) is 4.88 Å². The van der Waals surface area contributed by atoms with Crippen molar-refractivity contribution in [2.24, 2.45) is 0 Å². The Morgan fingerprint density at radius 1 is 1.19 bits per heavy atom. The van der Waals surface area contributed by atoms with Crippen LogP contribution in [0.2, 0.25) is 0 Å². The lowest BCUT2D eigenvalue weighted by Gasteiger charge is -2.20. The number of benzene rings is 1. The number of carbonyl (C=O) groups is 1. The molecule has 0 atom stereocenters. The van der Waals surface area contributed by atoms with Gasteiger partial charge in [0.25, 0.3) is 5.91 Å². The minimum Gasteiger partial charge on any atom is -0.317 e. The molecule has 26 heavy (non-hydrogen) atoms. The molecule has 1 saturated heterocycles. The maximum Gasteiger partial charge on any atom is 0.269 e. The molecule has 0 bridgehead atoms. The zero-order valence-electron chi connectivity index (χ0n) is 14.5. The molecule has 0 spiro atoms. The number of aromatic nitrogens is 2. The standard InChI is InChI=1S/C19H20N4OS2/c1-12-22-16(14-5-3-2-4-6-14)17(25-12)18(24)23-19-21-11-15(26-19)13-7-9-20-10-8-13/h2-6,11,13,20H,7-10H2,1H3,(H,21,23,24). The normalized spacial score (nSPS) is 15.1. The number of hydrogen-bond acceptors (Lipinski definition) is 6. The number of thiazole rings is 2. The van der Waals surface area contributed by atoms with Crippen LogP contribution in [-0.2, 0) is 0 Å². The first-order valence-corrected chi connectivity index (χ1v) is 10.3. The number of piperidine rings is 1. The number of nitrogens with one attached hydrogen (secondary N) is 2. The van der Waals surface area contributed by atoms with Crippen LogP contribution in [0.5, 0.6) is 0 Å². The van der Waals surface area contributed by atoms with E-state index in [9.17, 15) is 4.79 Å². The van der Waals surface area contributed by atoms with Crippen LogP contribution in [0, 0.1) is 6.92 Å². The van der Waals surface area contributed by atoms with Crippen LogP contribution in [0.4, 0.5) is 5.13 Å². The van der Waals surface area contributed by atoms with Crippen LogP contribution in [-0.4, -0.2) is 29.0 Å². The van der Waals surface area contributed by atoms with Crippen molar-refractivity contribution >= 4 is 33.7 Å². The van der Waals surface area contributed by atoms with Gasteiger partial charge < -0.3 is 5.32 Å². The number of nitrogens with zero attached hydrogens (tertiary/aromatic N) is 2. The van der Waals surface area contributed by atoms with E-state index < -0.39 is 0 Å². The molecule has 3 heterocycles. The first-order valence-electron chi connectivity index (χ1n) is 8.71. The van der Waals surface area contributed by atoms with Crippen molar-refractivity contribution in [1.82, 2.24) is 15.3 Å². The van der Waals surface area contributed by atoms with Gasteiger partial charge in [-0.05, 0) is 38.8 Å². The van der Waals surface area contributed by atoms with E-state index >= 15 is 0 Å². The summed E-state index contributed by atoms with van der Waals surface area (Å²) in [4.78, 5) is 23.7. The molecule has 4 rings (SSSR count). The minimum absolute atomic E-state index is 0.138. The molecular weight excluding hydrogens is 364 g/mol. The predicted octanol–water partition coefficient (Wildman–Crippen LogP) is 4.29. The van der Waals surface area contributed by atoms with Crippen molar-refractivity contribution in [3.8, 4) is 11.3 Å². The third-order valence-corrected chi connectivity index (χ3v) is 6.52. The van der Waals surface area contributed by atoms with Crippen LogP contribution < -0.4 is 10.6 Å². The summed E-state index contributed by atoms with van der Waals surface area (Å²) in [5.74, 6) is 0.408. The molecule has 5 nitrogen and oxygen atoms in total. The Labute approximate surface area is 160 Å². The maximum atomic E-state index is 12.8. The fourth-order valence-electron chi connectivity index (χ4n) is 3.17. The van der Waals surface area contributed by atoms with E-state index in [1.807, 2.05) is 43.5 Å². The van der Waals surface area contributed by atoms with Gasteiger partial charge in [0, 0.05) is 16.6 Å². The Bertz CT molecular complexity index is 897. The molecule has 0 radical (unpaired) electrons. The monoisotopic (exact) mass is 384 g/mol. The van der Waals surface area contributed by atoms with Gasteiger partial charge >= 0.3 is 0 Å². The van der Waals surface area contributed by atoms with Crippen molar-refractivity contribution in [1.29, 1.82) is 0 Å². The topological polar surface area (TPSA) is 66.9 Å². The average Bonchev–Trinajstić information content (AvgIpc) is 3.30. The lowest BCUT2D eigenvalue weighted by Crippen LogP contribution is -2.26. The molecule has 1 fully saturated rings. The van der Waals surface area contributed by atoms with Gasteiger partial charge in [0.15, 0.2) is 5.13 Å². The van der Waals surface area contributed by atoms with Gasteiger partial charge in [-0.15, -0.1) is 22.7 Å². The van der Waals surface area contributed by atoms with E-state index in [0.717, 1.165) is 42.2 Å². The second-order valence-electron chi connectivity index (χ2n) is 6.32. The lowest BCUT2D eigenvalue weighted by atomic mass is 9.97. The van der Waals surface area contributed by atoms with Gasteiger partial charge in [0.2, 0.25) is 0 Å².